The van der Waals surface area contributed by atoms with Gasteiger partial charge in [-0.2, -0.15) is 0 Å². The quantitative estimate of drug-likeness (QED) is 0.909. The van der Waals surface area contributed by atoms with Crippen LogP contribution in [0.15, 0.2) is 42.5 Å². The fourth-order valence-electron chi connectivity index (χ4n) is 3.57. The summed E-state index contributed by atoms with van der Waals surface area (Å²) in [6.45, 7) is 2.01. The van der Waals surface area contributed by atoms with Crippen molar-refractivity contribution in [3.63, 3.8) is 0 Å². The van der Waals surface area contributed by atoms with Gasteiger partial charge < -0.3 is 15.7 Å². The summed E-state index contributed by atoms with van der Waals surface area (Å²) in [5, 5.41) is 11.9. The second-order valence-corrected chi connectivity index (χ2v) is 6.07. The van der Waals surface area contributed by atoms with E-state index in [1.54, 1.807) is 6.92 Å². The third kappa shape index (κ3) is 2.28. The minimum absolute atomic E-state index is 0.321. The van der Waals surface area contributed by atoms with Crippen LogP contribution >= 0.6 is 0 Å². The molecular weight excluding hydrogens is 292 g/mol. The molecule has 0 saturated carbocycles. The zero-order chi connectivity index (χ0) is 16.6. The first-order valence-electron chi connectivity index (χ1n) is 7.77. The topological polar surface area (TPSA) is 83.6 Å². The van der Waals surface area contributed by atoms with E-state index in [0.29, 0.717) is 24.9 Å². The number of benzene rings is 2. The van der Waals surface area contributed by atoms with E-state index in [1.165, 1.54) is 4.90 Å². The molecule has 120 valence electrons. The standard InChI is InChI=1S/C18H20N2O3/c1-12(19)16(21)20-11-5-10-18(20,17(22)23)15-9-4-7-13-6-2-3-8-14(13)15/h2-4,6-9,12H,5,10-11,19H2,1H3,(H,22,23)/t12-,18-/m0/s1. The number of aliphatic carboxylic acids is 1. The highest BCUT2D eigenvalue weighted by Gasteiger charge is 2.52. The number of carboxylic acid groups (broad SMARTS) is 1. The Hall–Kier alpha value is -2.40. The molecule has 0 bridgehead atoms. The van der Waals surface area contributed by atoms with E-state index >= 15 is 0 Å². The monoisotopic (exact) mass is 312 g/mol. The summed E-state index contributed by atoms with van der Waals surface area (Å²) in [7, 11) is 0. The fourth-order valence-corrected chi connectivity index (χ4v) is 3.57. The smallest absolute Gasteiger partial charge is 0.334 e. The molecule has 1 saturated heterocycles. The molecule has 1 aliphatic rings. The number of hydrogen-bond acceptors (Lipinski definition) is 3. The Morgan fingerprint density at radius 1 is 1.22 bits per heavy atom. The summed E-state index contributed by atoms with van der Waals surface area (Å²) in [5.41, 5.74) is 5.06. The highest BCUT2D eigenvalue weighted by molar-refractivity contribution is 5.96. The van der Waals surface area contributed by atoms with Crippen LogP contribution in [0.5, 0.6) is 0 Å². The highest BCUT2D eigenvalue weighted by Crippen LogP contribution is 2.42. The van der Waals surface area contributed by atoms with Crippen molar-refractivity contribution in [1.29, 1.82) is 0 Å². The Morgan fingerprint density at radius 2 is 1.91 bits per heavy atom. The van der Waals surface area contributed by atoms with Gasteiger partial charge in [0.05, 0.1) is 6.04 Å². The maximum absolute atomic E-state index is 12.5. The molecule has 0 unspecified atom stereocenters. The third-order valence-electron chi connectivity index (χ3n) is 4.63. The number of nitrogens with two attached hydrogens (primary N) is 1. The van der Waals surface area contributed by atoms with Crippen molar-refractivity contribution in [2.75, 3.05) is 6.54 Å². The van der Waals surface area contributed by atoms with Gasteiger partial charge in [-0.15, -0.1) is 0 Å². The number of nitrogens with zero attached hydrogens (tertiary/aromatic N) is 1. The van der Waals surface area contributed by atoms with Crippen LogP contribution in [0.4, 0.5) is 0 Å². The van der Waals surface area contributed by atoms with E-state index in [0.717, 1.165) is 10.8 Å². The van der Waals surface area contributed by atoms with E-state index in [2.05, 4.69) is 0 Å². The Labute approximate surface area is 134 Å². The molecule has 0 aromatic heterocycles. The number of amides is 1. The summed E-state index contributed by atoms with van der Waals surface area (Å²) in [6.07, 6.45) is 1.04. The Bertz CT molecular complexity index is 766. The van der Waals surface area contributed by atoms with Gasteiger partial charge in [0, 0.05) is 6.54 Å². The molecule has 1 heterocycles. The van der Waals surface area contributed by atoms with Gasteiger partial charge in [0.15, 0.2) is 5.54 Å². The van der Waals surface area contributed by atoms with E-state index < -0.39 is 17.6 Å². The summed E-state index contributed by atoms with van der Waals surface area (Å²) in [5.74, 6) is -1.32. The summed E-state index contributed by atoms with van der Waals surface area (Å²) >= 11 is 0. The Balaban J connectivity index is 2.25. The van der Waals surface area contributed by atoms with Gasteiger partial charge in [0.25, 0.3) is 0 Å². The van der Waals surface area contributed by atoms with Crippen molar-refractivity contribution in [3.8, 4) is 0 Å². The first-order valence-corrected chi connectivity index (χ1v) is 7.77. The average molecular weight is 312 g/mol. The minimum Gasteiger partial charge on any atom is -0.479 e. The van der Waals surface area contributed by atoms with E-state index in [-0.39, 0.29) is 5.91 Å². The number of carbonyl (C=O) groups excluding carboxylic acids is 1. The normalized spacial score (nSPS) is 22.3. The van der Waals surface area contributed by atoms with Crippen molar-refractivity contribution >= 4 is 22.6 Å². The maximum atomic E-state index is 12.5. The van der Waals surface area contributed by atoms with Crippen molar-refractivity contribution < 1.29 is 14.7 Å². The van der Waals surface area contributed by atoms with Gasteiger partial charge in [-0.05, 0) is 36.1 Å². The Morgan fingerprint density at radius 3 is 2.61 bits per heavy atom. The summed E-state index contributed by atoms with van der Waals surface area (Å²) in [6, 6.07) is 12.5. The van der Waals surface area contributed by atoms with Crippen LogP contribution in [0.1, 0.15) is 25.3 Å². The van der Waals surface area contributed by atoms with Crippen LogP contribution in [-0.2, 0) is 15.1 Å². The zero-order valence-corrected chi connectivity index (χ0v) is 13.0. The van der Waals surface area contributed by atoms with Gasteiger partial charge in [-0.1, -0.05) is 42.5 Å². The van der Waals surface area contributed by atoms with E-state index in [4.69, 9.17) is 5.73 Å². The van der Waals surface area contributed by atoms with Gasteiger partial charge in [-0.25, -0.2) is 4.79 Å². The van der Waals surface area contributed by atoms with E-state index in [9.17, 15) is 14.7 Å². The lowest BCUT2D eigenvalue weighted by molar-refractivity contribution is -0.157. The molecule has 23 heavy (non-hydrogen) atoms. The summed E-state index contributed by atoms with van der Waals surface area (Å²) in [4.78, 5) is 26.2. The van der Waals surface area contributed by atoms with Gasteiger partial charge in [0.2, 0.25) is 5.91 Å². The molecule has 1 aliphatic heterocycles. The molecule has 0 aliphatic carbocycles. The number of hydrogen-bond donors (Lipinski definition) is 2. The lowest BCUT2D eigenvalue weighted by atomic mass is 9.83. The first-order chi connectivity index (χ1) is 11.0. The highest BCUT2D eigenvalue weighted by atomic mass is 16.4. The SMILES string of the molecule is C[C@H](N)C(=O)N1CCC[C@@]1(C(=O)O)c1cccc2ccccc12. The predicted molar refractivity (Wildman–Crippen MR) is 87.9 cm³/mol. The number of carbonyl (C=O) groups is 2. The molecule has 3 rings (SSSR count). The molecule has 5 nitrogen and oxygen atoms in total. The molecule has 1 fully saturated rings. The molecule has 3 N–H and O–H groups in total. The molecule has 0 spiro atoms. The average Bonchev–Trinajstić information content (AvgIpc) is 2.99. The van der Waals surface area contributed by atoms with Crippen LogP contribution in [0, 0.1) is 0 Å². The number of carboxylic acids is 1. The second kappa shape index (κ2) is 5.66. The maximum Gasteiger partial charge on any atom is 0.334 e. The fraction of sp³-hybridized carbons (Fsp3) is 0.333. The number of likely N-dealkylation sites (tertiary alicyclic amines) is 1. The van der Waals surface area contributed by atoms with E-state index in [1.807, 2.05) is 42.5 Å². The van der Waals surface area contributed by atoms with Gasteiger partial charge in [0.1, 0.15) is 0 Å². The van der Waals surface area contributed by atoms with Crippen LogP contribution in [0.3, 0.4) is 0 Å². The largest absolute Gasteiger partial charge is 0.479 e. The van der Waals surface area contributed by atoms with Crippen molar-refractivity contribution in [3.05, 3.63) is 48.0 Å². The van der Waals surface area contributed by atoms with Crippen LogP contribution < -0.4 is 5.73 Å². The van der Waals surface area contributed by atoms with Crippen molar-refractivity contribution in [1.82, 2.24) is 4.90 Å². The number of fused-ring (bicyclic) bond motifs is 1. The van der Waals surface area contributed by atoms with Crippen LogP contribution in [-0.4, -0.2) is 34.5 Å². The third-order valence-corrected chi connectivity index (χ3v) is 4.63. The lowest BCUT2D eigenvalue weighted by Gasteiger charge is -2.36. The second-order valence-electron chi connectivity index (χ2n) is 6.07. The zero-order valence-electron chi connectivity index (χ0n) is 13.0. The number of rotatable bonds is 3. The molecule has 5 heteroatoms. The van der Waals surface area contributed by atoms with Gasteiger partial charge >= 0.3 is 5.97 Å². The molecule has 2 aromatic rings. The molecule has 1 amide bonds. The van der Waals surface area contributed by atoms with Crippen LogP contribution in [0.25, 0.3) is 10.8 Å². The predicted octanol–water partition coefficient (Wildman–Crippen LogP) is 2.09. The molecule has 2 atom stereocenters. The minimum atomic E-state index is -1.34. The molecule has 0 radical (unpaired) electrons. The first kappa shape index (κ1) is 15.5. The van der Waals surface area contributed by atoms with Crippen LogP contribution in [0.2, 0.25) is 0 Å². The molecular formula is C18H20N2O3. The Kier molecular flexibility index (Phi) is 3.82. The van der Waals surface area contributed by atoms with Gasteiger partial charge in [-0.3, -0.25) is 4.79 Å². The van der Waals surface area contributed by atoms with Crippen molar-refractivity contribution in [2.45, 2.75) is 31.3 Å². The summed E-state index contributed by atoms with van der Waals surface area (Å²) < 4.78 is 0. The molecule has 2 aromatic carbocycles. The lowest BCUT2D eigenvalue weighted by Crippen LogP contribution is -2.54. The van der Waals surface area contributed by atoms with Crippen molar-refractivity contribution in [2.24, 2.45) is 5.73 Å².